The third-order valence-electron chi connectivity index (χ3n) is 3.06. The highest BCUT2D eigenvalue weighted by atomic mass is 35.5. The summed E-state index contributed by atoms with van der Waals surface area (Å²) < 4.78 is 0. The zero-order valence-electron chi connectivity index (χ0n) is 10.5. The van der Waals surface area contributed by atoms with Gasteiger partial charge in [-0.3, -0.25) is 0 Å². The summed E-state index contributed by atoms with van der Waals surface area (Å²) in [5.41, 5.74) is 1.93. The van der Waals surface area contributed by atoms with E-state index in [4.69, 9.17) is 46.4 Å². The van der Waals surface area contributed by atoms with Crippen molar-refractivity contribution in [2.45, 2.75) is 11.3 Å². The highest BCUT2D eigenvalue weighted by Gasteiger charge is 2.28. The molecule has 0 heterocycles. The number of hydrogen-bond donors (Lipinski definition) is 0. The summed E-state index contributed by atoms with van der Waals surface area (Å²) >= 11 is 24.9. The molecule has 1 aliphatic rings. The van der Waals surface area contributed by atoms with E-state index in [2.05, 4.69) is 0 Å². The normalized spacial score (nSPS) is 22.8. The predicted octanol–water partition coefficient (Wildman–Crippen LogP) is 5.36. The van der Waals surface area contributed by atoms with E-state index in [1.54, 1.807) is 6.08 Å². The molecule has 2 atom stereocenters. The van der Waals surface area contributed by atoms with Crippen molar-refractivity contribution in [1.29, 1.82) is 0 Å². The molecule has 1 aromatic rings. The predicted molar refractivity (Wildman–Crippen MR) is 86.0 cm³/mol. The average molecular weight is 337 g/mol. The topological polar surface area (TPSA) is 3.24 Å². The van der Waals surface area contributed by atoms with Gasteiger partial charge in [0, 0.05) is 25.0 Å². The minimum atomic E-state index is -0.216. The van der Waals surface area contributed by atoms with Gasteiger partial charge in [-0.2, -0.15) is 0 Å². The summed E-state index contributed by atoms with van der Waals surface area (Å²) in [5.74, 6) is -0.142. The molecule has 0 saturated carbocycles. The van der Waals surface area contributed by atoms with Crippen LogP contribution in [-0.2, 0) is 0 Å². The van der Waals surface area contributed by atoms with Crippen molar-refractivity contribution < 1.29 is 0 Å². The van der Waals surface area contributed by atoms with Gasteiger partial charge in [0.05, 0.1) is 21.1 Å². The van der Waals surface area contributed by atoms with Gasteiger partial charge in [-0.1, -0.05) is 46.9 Å². The molecule has 0 aromatic heterocycles. The fraction of sp³-hybridized carbons (Fsp3) is 0.286. The van der Waals surface area contributed by atoms with E-state index in [9.17, 15) is 0 Å². The molecule has 1 aromatic carbocycles. The zero-order chi connectivity index (χ0) is 14.2. The van der Waals surface area contributed by atoms with Gasteiger partial charge in [0.1, 0.15) is 0 Å². The Morgan fingerprint density at radius 3 is 2.42 bits per heavy atom. The molecule has 5 heteroatoms. The lowest BCUT2D eigenvalue weighted by atomic mass is 9.91. The monoisotopic (exact) mass is 335 g/mol. The first kappa shape index (κ1) is 15.1. The standard InChI is InChI=1S/C14H13Cl4N/c1-19(2)12-7-8(3-4-9(12)15)13-10(16)5-6-11(17)14(13)18/h3-7,10,13H,1-2H3. The Labute approximate surface area is 133 Å². The van der Waals surface area contributed by atoms with Crippen molar-refractivity contribution in [2.24, 2.45) is 0 Å². The van der Waals surface area contributed by atoms with Crippen LogP contribution in [0.3, 0.4) is 0 Å². The van der Waals surface area contributed by atoms with E-state index in [0.29, 0.717) is 15.1 Å². The lowest BCUT2D eigenvalue weighted by molar-refractivity contribution is 0.841. The Bertz CT molecular complexity index is 548. The fourth-order valence-electron chi connectivity index (χ4n) is 2.05. The van der Waals surface area contributed by atoms with E-state index in [1.165, 1.54) is 0 Å². The van der Waals surface area contributed by atoms with Crippen LogP contribution in [0.4, 0.5) is 5.69 Å². The fourth-order valence-corrected chi connectivity index (χ4v) is 3.26. The van der Waals surface area contributed by atoms with Crippen LogP contribution in [-0.4, -0.2) is 19.5 Å². The number of anilines is 1. The number of hydrogen-bond acceptors (Lipinski definition) is 1. The van der Waals surface area contributed by atoms with Gasteiger partial charge in [0.25, 0.3) is 0 Å². The highest BCUT2D eigenvalue weighted by Crippen LogP contribution is 2.42. The first-order valence-electron chi connectivity index (χ1n) is 5.76. The molecule has 0 aliphatic heterocycles. The summed E-state index contributed by atoms with van der Waals surface area (Å²) in [5, 5.41) is 1.57. The van der Waals surface area contributed by atoms with Crippen LogP contribution in [0.5, 0.6) is 0 Å². The Morgan fingerprint density at radius 2 is 1.79 bits per heavy atom. The van der Waals surface area contributed by atoms with Crippen LogP contribution in [0.1, 0.15) is 11.5 Å². The van der Waals surface area contributed by atoms with Crippen LogP contribution in [0.25, 0.3) is 0 Å². The maximum absolute atomic E-state index is 6.34. The first-order chi connectivity index (χ1) is 8.91. The first-order valence-corrected chi connectivity index (χ1v) is 7.33. The Hall–Kier alpha value is -0.340. The SMILES string of the molecule is CN(C)c1cc(C2C(Cl)=C(Cl)C=CC2Cl)ccc1Cl. The molecular weight excluding hydrogens is 324 g/mol. The van der Waals surface area contributed by atoms with Crippen molar-refractivity contribution in [2.75, 3.05) is 19.0 Å². The molecule has 0 saturated heterocycles. The summed E-state index contributed by atoms with van der Waals surface area (Å²) in [4.78, 5) is 1.95. The highest BCUT2D eigenvalue weighted by molar-refractivity contribution is 6.41. The Balaban J connectivity index is 2.47. The molecule has 2 unspecified atom stereocenters. The van der Waals surface area contributed by atoms with Crippen LogP contribution in [0.15, 0.2) is 40.4 Å². The molecule has 1 aliphatic carbocycles. The van der Waals surface area contributed by atoms with E-state index >= 15 is 0 Å². The number of benzene rings is 1. The summed E-state index contributed by atoms with van der Waals surface area (Å²) in [6.45, 7) is 0. The van der Waals surface area contributed by atoms with Crippen LogP contribution in [0, 0.1) is 0 Å². The van der Waals surface area contributed by atoms with Crippen molar-refractivity contribution in [3.8, 4) is 0 Å². The van der Waals surface area contributed by atoms with Gasteiger partial charge < -0.3 is 4.90 Å². The van der Waals surface area contributed by atoms with Gasteiger partial charge in [0.15, 0.2) is 0 Å². The molecule has 0 spiro atoms. The van der Waals surface area contributed by atoms with Gasteiger partial charge in [-0.05, 0) is 23.8 Å². The second-order valence-electron chi connectivity index (χ2n) is 4.58. The molecule has 0 fully saturated rings. The lowest BCUT2D eigenvalue weighted by Gasteiger charge is -2.25. The molecule has 19 heavy (non-hydrogen) atoms. The minimum absolute atomic E-state index is 0.142. The summed E-state index contributed by atoms with van der Waals surface area (Å²) in [6, 6.07) is 5.78. The van der Waals surface area contributed by atoms with E-state index in [-0.39, 0.29) is 11.3 Å². The molecule has 1 nitrogen and oxygen atoms in total. The Kier molecular flexibility index (Phi) is 4.73. The maximum atomic E-state index is 6.34. The maximum Gasteiger partial charge on any atom is 0.0639 e. The smallest absolute Gasteiger partial charge is 0.0639 e. The number of alkyl halides is 1. The zero-order valence-corrected chi connectivity index (χ0v) is 13.5. The van der Waals surface area contributed by atoms with E-state index in [0.717, 1.165) is 11.3 Å². The van der Waals surface area contributed by atoms with E-state index < -0.39 is 0 Å². The molecule has 2 rings (SSSR count). The van der Waals surface area contributed by atoms with Gasteiger partial charge in [-0.25, -0.2) is 0 Å². The Morgan fingerprint density at radius 1 is 1.11 bits per heavy atom. The molecule has 0 amide bonds. The quantitative estimate of drug-likeness (QED) is 0.657. The second kappa shape index (κ2) is 5.97. The van der Waals surface area contributed by atoms with Crippen LogP contribution >= 0.6 is 46.4 Å². The molecule has 102 valence electrons. The van der Waals surface area contributed by atoms with Gasteiger partial charge >= 0.3 is 0 Å². The van der Waals surface area contributed by atoms with Gasteiger partial charge in [0.2, 0.25) is 0 Å². The second-order valence-corrected chi connectivity index (χ2v) is 6.31. The summed E-state index contributed by atoms with van der Waals surface area (Å²) in [7, 11) is 3.88. The number of nitrogens with zero attached hydrogens (tertiary/aromatic N) is 1. The van der Waals surface area contributed by atoms with Gasteiger partial charge in [-0.15, -0.1) is 11.6 Å². The van der Waals surface area contributed by atoms with Crippen LogP contribution in [0.2, 0.25) is 5.02 Å². The summed E-state index contributed by atoms with van der Waals surface area (Å²) in [6.07, 6.45) is 3.59. The number of allylic oxidation sites excluding steroid dienone is 4. The van der Waals surface area contributed by atoms with E-state index in [1.807, 2.05) is 43.3 Å². The average Bonchev–Trinajstić information content (AvgIpc) is 2.36. The third-order valence-corrected chi connectivity index (χ3v) is 4.64. The largest absolute Gasteiger partial charge is 0.376 e. The molecule has 0 N–H and O–H groups in total. The molecule has 0 bridgehead atoms. The molecule has 0 radical (unpaired) electrons. The van der Waals surface area contributed by atoms with Crippen LogP contribution < -0.4 is 4.90 Å². The third kappa shape index (κ3) is 3.05. The number of rotatable bonds is 2. The van der Waals surface area contributed by atoms with Crippen molar-refractivity contribution >= 4 is 52.1 Å². The van der Waals surface area contributed by atoms with Crippen molar-refractivity contribution in [1.82, 2.24) is 0 Å². The number of halogens is 4. The lowest BCUT2D eigenvalue weighted by Crippen LogP contribution is -2.16. The van der Waals surface area contributed by atoms with Crippen molar-refractivity contribution in [3.63, 3.8) is 0 Å². The molecular formula is C14H13Cl4N. The van der Waals surface area contributed by atoms with Crippen molar-refractivity contribution in [3.05, 3.63) is 51.0 Å². The minimum Gasteiger partial charge on any atom is -0.376 e.